The highest BCUT2D eigenvalue weighted by Crippen LogP contribution is 2.27. The topological polar surface area (TPSA) is 61.4 Å². The van der Waals surface area contributed by atoms with Gasteiger partial charge in [-0.2, -0.15) is 0 Å². The van der Waals surface area contributed by atoms with Gasteiger partial charge in [0.05, 0.1) is 6.10 Å². The molecule has 0 saturated carbocycles. The van der Waals surface area contributed by atoms with Crippen molar-refractivity contribution in [1.82, 2.24) is 10.6 Å². The van der Waals surface area contributed by atoms with E-state index in [0.29, 0.717) is 19.5 Å². The summed E-state index contributed by atoms with van der Waals surface area (Å²) in [5.74, 6) is -0.0736. The Hall–Kier alpha value is -2.95. The first-order valence-corrected chi connectivity index (χ1v) is 10.0. The van der Waals surface area contributed by atoms with Crippen LogP contribution in [0.5, 0.6) is 0 Å². The highest BCUT2D eigenvalue weighted by atomic mass is 16.3. The molecule has 4 nitrogen and oxygen atoms in total. The van der Waals surface area contributed by atoms with Crippen molar-refractivity contribution in [2.45, 2.75) is 25.0 Å². The van der Waals surface area contributed by atoms with Crippen molar-refractivity contribution in [1.29, 1.82) is 0 Å². The quantitative estimate of drug-likeness (QED) is 0.498. The van der Waals surface area contributed by atoms with Gasteiger partial charge in [0, 0.05) is 32.0 Å². The van der Waals surface area contributed by atoms with Gasteiger partial charge in [0.25, 0.3) is 0 Å². The molecular weight excluding hydrogens is 360 g/mol. The smallest absolute Gasteiger partial charge is 0.221 e. The fourth-order valence-corrected chi connectivity index (χ4v) is 3.34. The maximum atomic E-state index is 12.6. The number of carbonyl (C=O) groups is 1. The van der Waals surface area contributed by atoms with Crippen molar-refractivity contribution < 1.29 is 9.90 Å². The summed E-state index contributed by atoms with van der Waals surface area (Å²) >= 11 is 0. The summed E-state index contributed by atoms with van der Waals surface area (Å²) in [7, 11) is 0. The lowest BCUT2D eigenvalue weighted by atomic mass is 9.88. The van der Waals surface area contributed by atoms with Crippen LogP contribution < -0.4 is 10.6 Å². The van der Waals surface area contributed by atoms with Crippen LogP contribution in [0.15, 0.2) is 91.0 Å². The molecule has 0 heterocycles. The van der Waals surface area contributed by atoms with Crippen LogP contribution in [0.3, 0.4) is 0 Å². The van der Waals surface area contributed by atoms with Crippen molar-refractivity contribution in [3.8, 4) is 0 Å². The molecule has 0 spiro atoms. The third-order valence-corrected chi connectivity index (χ3v) is 4.88. The van der Waals surface area contributed by atoms with E-state index in [1.54, 1.807) is 0 Å². The Morgan fingerprint density at radius 1 is 0.759 bits per heavy atom. The van der Waals surface area contributed by atoms with Gasteiger partial charge in [0.2, 0.25) is 5.91 Å². The molecule has 150 valence electrons. The lowest BCUT2D eigenvalue weighted by Crippen LogP contribution is -2.38. The van der Waals surface area contributed by atoms with Crippen molar-refractivity contribution in [3.63, 3.8) is 0 Å². The number of amides is 1. The Morgan fingerprint density at radius 3 is 1.83 bits per heavy atom. The summed E-state index contributed by atoms with van der Waals surface area (Å²) in [4.78, 5) is 12.6. The third-order valence-electron chi connectivity index (χ3n) is 4.88. The molecular formula is C25H28N2O2. The molecule has 0 aliphatic rings. The Morgan fingerprint density at radius 2 is 1.28 bits per heavy atom. The van der Waals surface area contributed by atoms with E-state index in [2.05, 4.69) is 10.6 Å². The van der Waals surface area contributed by atoms with Gasteiger partial charge in [-0.3, -0.25) is 4.79 Å². The molecule has 0 bridgehead atoms. The van der Waals surface area contributed by atoms with Gasteiger partial charge >= 0.3 is 0 Å². The lowest BCUT2D eigenvalue weighted by molar-refractivity contribution is -0.121. The fourth-order valence-electron chi connectivity index (χ4n) is 3.34. The largest absolute Gasteiger partial charge is 0.390 e. The molecule has 4 heteroatoms. The average molecular weight is 389 g/mol. The van der Waals surface area contributed by atoms with Gasteiger partial charge < -0.3 is 15.7 Å². The molecule has 3 aromatic carbocycles. The van der Waals surface area contributed by atoms with Crippen LogP contribution in [-0.2, 0) is 11.3 Å². The third kappa shape index (κ3) is 6.86. The maximum Gasteiger partial charge on any atom is 0.221 e. The lowest BCUT2D eigenvalue weighted by Gasteiger charge is -2.19. The maximum absolute atomic E-state index is 12.6. The minimum absolute atomic E-state index is 0.00857. The molecule has 3 aromatic rings. The van der Waals surface area contributed by atoms with E-state index < -0.39 is 6.10 Å². The summed E-state index contributed by atoms with van der Waals surface area (Å²) in [6.07, 6.45) is -0.285. The van der Waals surface area contributed by atoms with E-state index in [-0.39, 0.29) is 18.4 Å². The Labute approximate surface area is 172 Å². The van der Waals surface area contributed by atoms with Crippen molar-refractivity contribution in [2.75, 3.05) is 13.1 Å². The second-order valence-corrected chi connectivity index (χ2v) is 7.15. The number of carbonyl (C=O) groups excluding carboxylic acids is 1. The molecule has 29 heavy (non-hydrogen) atoms. The summed E-state index contributed by atoms with van der Waals surface area (Å²) in [6, 6.07) is 30.1. The molecule has 0 fully saturated rings. The number of hydrogen-bond donors (Lipinski definition) is 3. The van der Waals surface area contributed by atoms with Gasteiger partial charge in [-0.15, -0.1) is 0 Å². The molecule has 3 rings (SSSR count). The molecule has 0 aromatic heterocycles. The van der Waals surface area contributed by atoms with Crippen LogP contribution in [0.2, 0.25) is 0 Å². The van der Waals surface area contributed by atoms with Crippen molar-refractivity contribution in [3.05, 3.63) is 108 Å². The van der Waals surface area contributed by atoms with E-state index in [0.717, 1.165) is 16.7 Å². The van der Waals surface area contributed by atoms with Crippen LogP contribution in [0.25, 0.3) is 0 Å². The number of benzene rings is 3. The SMILES string of the molecule is O=C(CC(c1ccccc1)c1ccccc1)NCC(O)CNCc1ccccc1. The minimum Gasteiger partial charge on any atom is -0.390 e. The van der Waals surface area contributed by atoms with Crippen molar-refractivity contribution >= 4 is 5.91 Å². The van der Waals surface area contributed by atoms with Gasteiger partial charge in [-0.05, 0) is 16.7 Å². The first-order chi connectivity index (χ1) is 14.2. The number of nitrogens with one attached hydrogen (secondary N) is 2. The van der Waals surface area contributed by atoms with Gasteiger partial charge in [-0.1, -0.05) is 91.0 Å². The molecule has 0 aliphatic carbocycles. The highest BCUT2D eigenvalue weighted by molar-refractivity contribution is 5.77. The molecule has 0 radical (unpaired) electrons. The van der Waals surface area contributed by atoms with E-state index in [4.69, 9.17) is 0 Å². The normalized spacial score (nSPS) is 11.9. The molecule has 0 aliphatic heterocycles. The Balaban J connectivity index is 1.48. The van der Waals surface area contributed by atoms with Crippen LogP contribution in [0, 0.1) is 0 Å². The fraction of sp³-hybridized carbons (Fsp3) is 0.240. The second-order valence-electron chi connectivity index (χ2n) is 7.15. The van der Waals surface area contributed by atoms with E-state index in [9.17, 15) is 9.90 Å². The van der Waals surface area contributed by atoms with Gasteiger partial charge in [0.15, 0.2) is 0 Å². The number of rotatable bonds is 10. The zero-order valence-corrected chi connectivity index (χ0v) is 16.5. The summed E-state index contributed by atoms with van der Waals surface area (Å²) in [5.41, 5.74) is 3.38. The van der Waals surface area contributed by atoms with Crippen LogP contribution in [0.4, 0.5) is 0 Å². The zero-order chi connectivity index (χ0) is 20.3. The van der Waals surface area contributed by atoms with Gasteiger partial charge in [-0.25, -0.2) is 0 Å². The molecule has 1 unspecified atom stereocenters. The summed E-state index contributed by atoms with van der Waals surface area (Å²) < 4.78 is 0. The molecule has 1 amide bonds. The standard InChI is InChI=1S/C25H28N2O2/c28-23(18-26-17-20-10-4-1-5-11-20)19-27-25(29)16-24(21-12-6-2-7-13-21)22-14-8-3-9-15-22/h1-15,23-24,26,28H,16-19H2,(H,27,29). The Kier molecular flexibility index (Phi) is 7.99. The number of aliphatic hydroxyl groups is 1. The summed E-state index contributed by atoms with van der Waals surface area (Å²) in [6.45, 7) is 1.35. The average Bonchev–Trinajstić information content (AvgIpc) is 2.78. The van der Waals surface area contributed by atoms with Crippen LogP contribution in [-0.4, -0.2) is 30.2 Å². The van der Waals surface area contributed by atoms with Crippen LogP contribution in [0.1, 0.15) is 29.0 Å². The van der Waals surface area contributed by atoms with Crippen LogP contribution >= 0.6 is 0 Å². The van der Waals surface area contributed by atoms with Crippen molar-refractivity contribution in [2.24, 2.45) is 0 Å². The first kappa shape index (κ1) is 20.8. The first-order valence-electron chi connectivity index (χ1n) is 10.0. The van der Waals surface area contributed by atoms with Gasteiger partial charge in [0.1, 0.15) is 0 Å². The second kappa shape index (κ2) is 11.1. The minimum atomic E-state index is -0.630. The number of hydrogen-bond acceptors (Lipinski definition) is 3. The molecule has 0 saturated heterocycles. The van der Waals surface area contributed by atoms with E-state index >= 15 is 0 Å². The zero-order valence-electron chi connectivity index (χ0n) is 16.5. The predicted molar refractivity (Wildman–Crippen MR) is 117 cm³/mol. The predicted octanol–water partition coefficient (Wildman–Crippen LogP) is 3.48. The van der Waals surface area contributed by atoms with E-state index in [1.165, 1.54) is 0 Å². The molecule has 3 N–H and O–H groups in total. The number of aliphatic hydroxyl groups excluding tert-OH is 1. The molecule has 1 atom stereocenters. The monoisotopic (exact) mass is 388 g/mol. The van der Waals surface area contributed by atoms with E-state index in [1.807, 2.05) is 91.0 Å². The highest BCUT2D eigenvalue weighted by Gasteiger charge is 2.18. The summed E-state index contributed by atoms with van der Waals surface area (Å²) in [5, 5.41) is 16.3. The Bertz CT molecular complexity index is 814.